The molecular weight excluding hydrogens is 196 g/mol. The summed E-state index contributed by atoms with van der Waals surface area (Å²) in [5, 5.41) is 9.14. The monoisotopic (exact) mass is 210 g/mol. The van der Waals surface area contributed by atoms with E-state index in [1.54, 1.807) is 6.20 Å². The average Bonchev–Trinajstić information content (AvgIpc) is 2.85. The predicted octanol–water partition coefficient (Wildman–Crippen LogP) is -0.213. The second-order valence-corrected chi connectivity index (χ2v) is 3.53. The van der Waals surface area contributed by atoms with E-state index in [0.717, 1.165) is 18.4 Å². The number of hydrogen-bond donors (Lipinski definition) is 3. The summed E-state index contributed by atoms with van der Waals surface area (Å²) in [6, 6.07) is 0. The quantitative estimate of drug-likeness (QED) is 0.643. The number of aromatic amines is 1. The molecule has 82 valence electrons. The number of nitrogens with two attached hydrogens (primary N) is 1. The van der Waals surface area contributed by atoms with Crippen LogP contribution < -0.4 is 11.1 Å². The highest BCUT2D eigenvalue weighted by Gasteiger charge is 2.23. The second kappa shape index (κ2) is 4.31. The number of nitrogens with one attached hydrogen (secondary N) is 2. The Hall–Kier alpha value is -1.56. The van der Waals surface area contributed by atoms with E-state index in [2.05, 4.69) is 15.5 Å². The molecule has 1 atom stereocenters. The standard InChI is InChI=1S/C9H14N4O2/c10-8-6(5-12-13-8)4-11-9(14)7-2-1-3-15-7/h5,7H,1-4H2,(H,11,14)(H3,10,12,13)/t7-/m0/s1. The average molecular weight is 210 g/mol. The lowest BCUT2D eigenvalue weighted by atomic mass is 10.2. The lowest BCUT2D eigenvalue weighted by Crippen LogP contribution is -2.33. The lowest BCUT2D eigenvalue weighted by molar-refractivity contribution is -0.130. The Balaban J connectivity index is 1.83. The number of aromatic nitrogens is 2. The van der Waals surface area contributed by atoms with Gasteiger partial charge in [-0.15, -0.1) is 0 Å². The molecule has 0 saturated carbocycles. The van der Waals surface area contributed by atoms with Gasteiger partial charge < -0.3 is 15.8 Å². The van der Waals surface area contributed by atoms with Gasteiger partial charge in [-0.3, -0.25) is 9.89 Å². The summed E-state index contributed by atoms with van der Waals surface area (Å²) in [6.07, 6.45) is 3.06. The predicted molar refractivity (Wildman–Crippen MR) is 53.8 cm³/mol. The number of hydrogen-bond acceptors (Lipinski definition) is 4. The van der Waals surface area contributed by atoms with Crippen LogP contribution in [-0.4, -0.2) is 28.8 Å². The number of amides is 1. The van der Waals surface area contributed by atoms with E-state index in [-0.39, 0.29) is 12.0 Å². The fourth-order valence-electron chi connectivity index (χ4n) is 1.54. The summed E-state index contributed by atoms with van der Waals surface area (Å²) in [5.74, 6) is 0.413. The second-order valence-electron chi connectivity index (χ2n) is 3.53. The van der Waals surface area contributed by atoms with E-state index in [9.17, 15) is 4.79 Å². The molecule has 1 fully saturated rings. The first-order valence-electron chi connectivity index (χ1n) is 4.94. The molecule has 2 heterocycles. The Morgan fingerprint density at radius 2 is 2.67 bits per heavy atom. The van der Waals surface area contributed by atoms with Gasteiger partial charge in [0.05, 0.1) is 6.20 Å². The normalized spacial score (nSPS) is 20.4. The van der Waals surface area contributed by atoms with Crippen LogP contribution in [0.3, 0.4) is 0 Å². The van der Waals surface area contributed by atoms with E-state index in [1.807, 2.05) is 0 Å². The van der Waals surface area contributed by atoms with E-state index in [1.165, 1.54) is 0 Å². The smallest absolute Gasteiger partial charge is 0.249 e. The molecule has 0 aliphatic carbocycles. The van der Waals surface area contributed by atoms with Crippen molar-refractivity contribution < 1.29 is 9.53 Å². The van der Waals surface area contributed by atoms with Crippen molar-refractivity contribution in [2.45, 2.75) is 25.5 Å². The van der Waals surface area contributed by atoms with Crippen LogP contribution in [0.15, 0.2) is 6.20 Å². The van der Waals surface area contributed by atoms with Gasteiger partial charge in [0.25, 0.3) is 0 Å². The molecule has 0 aromatic carbocycles. The van der Waals surface area contributed by atoms with Crippen molar-refractivity contribution in [2.24, 2.45) is 0 Å². The van der Waals surface area contributed by atoms with Crippen LogP contribution in [0.25, 0.3) is 0 Å². The van der Waals surface area contributed by atoms with Crippen LogP contribution in [0.1, 0.15) is 18.4 Å². The fourth-order valence-corrected chi connectivity index (χ4v) is 1.54. The zero-order valence-electron chi connectivity index (χ0n) is 8.32. The number of carbonyl (C=O) groups is 1. The minimum Gasteiger partial charge on any atom is -0.384 e. The van der Waals surface area contributed by atoms with E-state index >= 15 is 0 Å². The van der Waals surface area contributed by atoms with Gasteiger partial charge in [-0.1, -0.05) is 0 Å². The molecule has 2 rings (SSSR count). The Labute approximate surface area is 87.2 Å². The van der Waals surface area contributed by atoms with Crippen molar-refractivity contribution in [3.63, 3.8) is 0 Å². The number of ether oxygens (including phenoxy) is 1. The van der Waals surface area contributed by atoms with Crippen molar-refractivity contribution in [1.82, 2.24) is 15.5 Å². The maximum atomic E-state index is 11.5. The van der Waals surface area contributed by atoms with Crippen LogP contribution in [0, 0.1) is 0 Å². The third kappa shape index (κ3) is 2.27. The van der Waals surface area contributed by atoms with Crippen LogP contribution in [-0.2, 0) is 16.1 Å². The van der Waals surface area contributed by atoms with E-state index < -0.39 is 0 Å². The zero-order valence-corrected chi connectivity index (χ0v) is 8.32. The highest BCUT2D eigenvalue weighted by Crippen LogP contribution is 2.12. The maximum absolute atomic E-state index is 11.5. The molecule has 0 radical (unpaired) electrons. The third-order valence-corrected chi connectivity index (χ3v) is 2.43. The van der Waals surface area contributed by atoms with Crippen molar-refractivity contribution in [3.8, 4) is 0 Å². The maximum Gasteiger partial charge on any atom is 0.249 e. The molecule has 1 amide bonds. The molecule has 1 aliphatic rings. The number of carbonyl (C=O) groups excluding carboxylic acids is 1. The summed E-state index contributed by atoms with van der Waals surface area (Å²) >= 11 is 0. The third-order valence-electron chi connectivity index (χ3n) is 2.43. The highest BCUT2D eigenvalue weighted by molar-refractivity contribution is 5.81. The van der Waals surface area contributed by atoms with Gasteiger partial charge in [-0.05, 0) is 12.8 Å². The van der Waals surface area contributed by atoms with E-state index in [4.69, 9.17) is 10.5 Å². The largest absolute Gasteiger partial charge is 0.384 e. The van der Waals surface area contributed by atoms with Gasteiger partial charge in [-0.25, -0.2) is 0 Å². The van der Waals surface area contributed by atoms with Gasteiger partial charge in [0.1, 0.15) is 11.9 Å². The highest BCUT2D eigenvalue weighted by atomic mass is 16.5. The Kier molecular flexibility index (Phi) is 2.86. The Bertz CT molecular complexity index is 344. The van der Waals surface area contributed by atoms with Gasteiger partial charge in [-0.2, -0.15) is 5.10 Å². The first-order valence-corrected chi connectivity index (χ1v) is 4.94. The summed E-state index contributed by atoms with van der Waals surface area (Å²) in [4.78, 5) is 11.5. The topological polar surface area (TPSA) is 93.0 Å². The van der Waals surface area contributed by atoms with Crippen LogP contribution in [0.5, 0.6) is 0 Å². The first kappa shape index (κ1) is 9.97. The number of anilines is 1. The zero-order chi connectivity index (χ0) is 10.7. The van der Waals surface area contributed by atoms with Crippen LogP contribution in [0.4, 0.5) is 5.82 Å². The van der Waals surface area contributed by atoms with Crippen LogP contribution in [0.2, 0.25) is 0 Å². The molecule has 0 unspecified atom stereocenters. The first-order chi connectivity index (χ1) is 7.27. The van der Waals surface area contributed by atoms with Gasteiger partial charge in [0.15, 0.2) is 0 Å². The minimum absolute atomic E-state index is 0.0758. The fraction of sp³-hybridized carbons (Fsp3) is 0.556. The lowest BCUT2D eigenvalue weighted by Gasteiger charge is -2.09. The Morgan fingerprint density at radius 3 is 3.27 bits per heavy atom. The van der Waals surface area contributed by atoms with Crippen molar-refractivity contribution in [1.29, 1.82) is 0 Å². The molecule has 4 N–H and O–H groups in total. The Morgan fingerprint density at radius 1 is 1.80 bits per heavy atom. The van der Waals surface area contributed by atoms with Crippen LogP contribution >= 0.6 is 0 Å². The molecule has 1 aromatic heterocycles. The molecule has 6 nitrogen and oxygen atoms in total. The molecule has 0 bridgehead atoms. The summed E-state index contributed by atoms with van der Waals surface area (Å²) < 4.78 is 5.25. The molecule has 15 heavy (non-hydrogen) atoms. The minimum atomic E-state index is -0.293. The SMILES string of the molecule is Nc1[nH]ncc1CNC(=O)[C@@H]1CCCO1. The molecule has 0 spiro atoms. The van der Waals surface area contributed by atoms with Gasteiger partial charge in [0, 0.05) is 18.7 Å². The van der Waals surface area contributed by atoms with E-state index in [0.29, 0.717) is 19.0 Å². The molecule has 1 saturated heterocycles. The number of rotatable bonds is 3. The molecule has 1 aromatic rings. The number of H-pyrrole nitrogens is 1. The van der Waals surface area contributed by atoms with Crippen molar-refractivity contribution >= 4 is 11.7 Å². The number of nitrogens with zero attached hydrogens (tertiary/aromatic N) is 1. The van der Waals surface area contributed by atoms with Crippen molar-refractivity contribution in [3.05, 3.63) is 11.8 Å². The van der Waals surface area contributed by atoms with Gasteiger partial charge >= 0.3 is 0 Å². The summed E-state index contributed by atoms with van der Waals surface area (Å²) in [5.41, 5.74) is 6.37. The summed E-state index contributed by atoms with van der Waals surface area (Å²) in [7, 11) is 0. The summed E-state index contributed by atoms with van der Waals surface area (Å²) in [6.45, 7) is 1.06. The number of nitrogen functional groups attached to an aromatic ring is 1. The molecular formula is C9H14N4O2. The van der Waals surface area contributed by atoms with Gasteiger partial charge in [0.2, 0.25) is 5.91 Å². The molecule has 1 aliphatic heterocycles. The molecule has 6 heteroatoms. The van der Waals surface area contributed by atoms with Crippen molar-refractivity contribution in [2.75, 3.05) is 12.3 Å².